The van der Waals surface area contributed by atoms with Gasteiger partial charge in [-0.05, 0) is 41.0 Å². The van der Waals surface area contributed by atoms with Gasteiger partial charge in [-0.2, -0.15) is 0 Å². The van der Waals surface area contributed by atoms with E-state index in [1.807, 2.05) is 12.1 Å². The number of hydrogen-bond donors (Lipinski definition) is 1. The third-order valence-corrected chi connectivity index (χ3v) is 4.55. The molecule has 1 atom stereocenters. The standard InChI is InChI=1S/C23H26N2O/c1-25(2)21-13-9-18(10-14-21)17-24-23(19-7-5-4-6-8-19)20-11-15-22(26-3)16-12-20/h4-16,23-24H,17H2,1-3H3/t23-/m0/s1. The first-order valence-electron chi connectivity index (χ1n) is 8.86. The fourth-order valence-corrected chi connectivity index (χ4v) is 3.00. The zero-order chi connectivity index (χ0) is 18.4. The molecule has 0 radical (unpaired) electrons. The zero-order valence-electron chi connectivity index (χ0n) is 15.6. The number of anilines is 1. The van der Waals surface area contributed by atoms with Gasteiger partial charge in [0.15, 0.2) is 0 Å². The van der Waals surface area contributed by atoms with Gasteiger partial charge >= 0.3 is 0 Å². The smallest absolute Gasteiger partial charge is 0.118 e. The van der Waals surface area contributed by atoms with Gasteiger partial charge in [0.25, 0.3) is 0 Å². The van der Waals surface area contributed by atoms with E-state index < -0.39 is 0 Å². The van der Waals surface area contributed by atoms with E-state index in [1.54, 1.807) is 7.11 Å². The molecule has 1 N–H and O–H groups in total. The van der Waals surface area contributed by atoms with E-state index in [-0.39, 0.29) is 6.04 Å². The summed E-state index contributed by atoms with van der Waals surface area (Å²) in [7, 11) is 5.81. The topological polar surface area (TPSA) is 24.5 Å². The highest BCUT2D eigenvalue weighted by Gasteiger charge is 2.13. The van der Waals surface area contributed by atoms with Crippen LogP contribution in [0.25, 0.3) is 0 Å². The lowest BCUT2D eigenvalue weighted by atomic mass is 9.98. The first-order valence-corrected chi connectivity index (χ1v) is 8.86. The monoisotopic (exact) mass is 346 g/mol. The normalized spacial score (nSPS) is 11.8. The summed E-state index contributed by atoms with van der Waals surface area (Å²) in [5, 5.41) is 3.70. The van der Waals surface area contributed by atoms with Crippen LogP contribution in [0.4, 0.5) is 5.69 Å². The maximum atomic E-state index is 5.29. The molecule has 0 aliphatic carbocycles. The molecular formula is C23H26N2O. The SMILES string of the molecule is COc1ccc([C@@H](NCc2ccc(N(C)C)cc2)c2ccccc2)cc1. The number of nitrogens with one attached hydrogen (secondary N) is 1. The molecule has 0 unspecified atom stereocenters. The highest BCUT2D eigenvalue weighted by molar-refractivity contribution is 5.46. The minimum atomic E-state index is 0.135. The average Bonchev–Trinajstić information content (AvgIpc) is 2.70. The minimum Gasteiger partial charge on any atom is -0.497 e. The van der Waals surface area contributed by atoms with Crippen LogP contribution in [-0.2, 0) is 6.54 Å². The molecule has 0 fully saturated rings. The molecule has 3 heteroatoms. The van der Waals surface area contributed by atoms with Crippen LogP contribution in [-0.4, -0.2) is 21.2 Å². The van der Waals surface area contributed by atoms with Crippen LogP contribution in [0.1, 0.15) is 22.7 Å². The second-order valence-electron chi connectivity index (χ2n) is 6.56. The van der Waals surface area contributed by atoms with Crippen LogP contribution in [0, 0.1) is 0 Å². The summed E-state index contributed by atoms with van der Waals surface area (Å²) in [6.07, 6.45) is 0. The Morgan fingerprint density at radius 3 is 2.00 bits per heavy atom. The Balaban J connectivity index is 1.79. The zero-order valence-corrected chi connectivity index (χ0v) is 15.6. The van der Waals surface area contributed by atoms with Crippen molar-refractivity contribution in [3.8, 4) is 5.75 Å². The molecular weight excluding hydrogens is 320 g/mol. The summed E-state index contributed by atoms with van der Waals surface area (Å²) in [5.74, 6) is 0.875. The van der Waals surface area contributed by atoms with Gasteiger partial charge in [-0.3, -0.25) is 0 Å². The summed E-state index contributed by atoms with van der Waals surface area (Å²) in [6, 6.07) is 27.6. The lowest BCUT2D eigenvalue weighted by molar-refractivity contribution is 0.414. The summed E-state index contributed by atoms with van der Waals surface area (Å²) < 4.78 is 5.29. The van der Waals surface area contributed by atoms with Gasteiger partial charge in [0, 0.05) is 26.3 Å². The largest absolute Gasteiger partial charge is 0.497 e. The van der Waals surface area contributed by atoms with Crippen LogP contribution in [0.2, 0.25) is 0 Å². The molecule has 134 valence electrons. The predicted molar refractivity (Wildman–Crippen MR) is 109 cm³/mol. The molecule has 0 aromatic heterocycles. The van der Waals surface area contributed by atoms with Crippen molar-refractivity contribution in [2.75, 3.05) is 26.1 Å². The molecule has 3 aromatic carbocycles. The van der Waals surface area contributed by atoms with Crippen molar-refractivity contribution in [2.45, 2.75) is 12.6 Å². The molecule has 3 rings (SSSR count). The Morgan fingerprint density at radius 1 is 0.808 bits per heavy atom. The van der Waals surface area contributed by atoms with Crippen molar-refractivity contribution in [3.05, 3.63) is 95.6 Å². The summed E-state index contributed by atoms with van der Waals surface area (Å²) in [4.78, 5) is 2.11. The van der Waals surface area contributed by atoms with Crippen molar-refractivity contribution in [3.63, 3.8) is 0 Å². The molecule has 0 saturated heterocycles. The first kappa shape index (κ1) is 18.0. The lowest BCUT2D eigenvalue weighted by Crippen LogP contribution is -2.22. The van der Waals surface area contributed by atoms with E-state index in [9.17, 15) is 0 Å². The quantitative estimate of drug-likeness (QED) is 0.674. The Kier molecular flexibility index (Phi) is 5.92. The lowest BCUT2D eigenvalue weighted by Gasteiger charge is -2.21. The van der Waals surface area contributed by atoms with Gasteiger partial charge in [0.05, 0.1) is 13.2 Å². The maximum Gasteiger partial charge on any atom is 0.118 e. The summed E-state index contributed by atoms with van der Waals surface area (Å²) in [6.45, 7) is 0.805. The van der Waals surface area contributed by atoms with Crippen LogP contribution < -0.4 is 15.0 Å². The van der Waals surface area contributed by atoms with E-state index in [0.29, 0.717) is 0 Å². The molecule has 0 spiro atoms. The molecule has 0 aliphatic rings. The Labute approximate surface area is 156 Å². The van der Waals surface area contributed by atoms with E-state index in [0.717, 1.165) is 12.3 Å². The van der Waals surface area contributed by atoms with E-state index >= 15 is 0 Å². The van der Waals surface area contributed by atoms with Crippen molar-refractivity contribution in [1.29, 1.82) is 0 Å². The molecule has 3 aromatic rings. The van der Waals surface area contributed by atoms with Crippen LogP contribution in [0.15, 0.2) is 78.9 Å². The first-order chi connectivity index (χ1) is 12.7. The fraction of sp³-hybridized carbons (Fsp3) is 0.217. The Morgan fingerprint density at radius 2 is 1.42 bits per heavy atom. The molecule has 0 bridgehead atoms. The number of hydrogen-bond acceptors (Lipinski definition) is 3. The minimum absolute atomic E-state index is 0.135. The number of benzene rings is 3. The van der Waals surface area contributed by atoms with Crippen LogP contribution in [0.3, 0.4) is 0 Å². The van der Waals surface area contributed by atoms with Crippen molar-refractivity contribution in [2.24, 2.45) is 0 Å². The fourth-order valence-electron chi connectivity index (χ4n) is 3.00. The summed E-state index contributed by atoms with van der Waals surface area (Å²) >= 11 is 0. The van der Waals surface area contributed by atoms with Crippen LogP contribution in [0.5, 0.6) is 5.75 Å². The Bertz CT molecular complexity index is 796. The van der Waals surface area contributed by atoms with Gasteiger partial charge in [-0.15, -0.1) is 0 Å². The average molecular weight is 346 g/mol. The molecule has 0 heterocycles. The second kappa shape index (κ2) is 8.54. The second-order valence-corrected chi connectivity index (χ2v) is 6.56. The van der Waals surface area contributed by atoms with E-state index in [2.05, 4.69) is 91.0 Å². The third kappa shape index (κ3) is 4.44. The number of rotatable bonds is 7. The highest BCUT2D eigenvalue weighted by Crippen LogP contribution is 2.25. The van der Waals surface area contributed by atoms with E-state index in [4.69, 9.17) is 4.74 Å². The van der Waals surface area contributed by atoms with Gasteiger partial charge in [-0.1, -0.05) is 54.6 Å². The van der Waals surface area contributed by atoms with Gasteiger partial charge < -0.3 is 15.0 Å². The van der Waals surface area contributed by atoms with E-state index in [1.165, 1.54) is 22.4 Å². The van der Waals surface area contributed by atoms with Crippen molar-refractivity contribution >= 4 is 5.69 Å². The maximum absolute atomic E-state index is 5.29. The molecule has 3 nitrogen and oxygen atoms in total. The molecule has 26 heavy (non-hydrogen) atoms. The van der Waals surface area contributed by atoms with Gasteiger partial charge in [-0.25, -0.2) is 0 Å². The van der Waals surface area contributed by atoms with Crippen molar-refractivity contribution < 1.29 is 4.74 Å². The number of ether oxygens (including phenoxy) is 1. The molecule has 0 aliphatic heterocycles. The molecule has 0 amide bonds. The number of methoxy groups -OCH3 is 1. The third-order valence-electron chi connectivity index (χ3n) is 4.55. The molecule has 0 saturated carbocycles. The number of nitrogens with zero attached hydrogens (tertiary/aromatic N) is 1. The van der Waals surface area contributed by atoms with Crippen LogP contribution >= 0.6 is 0 Å². The van der Waals surface area contributed by atoms with Gasteiger partial charge in [0.2, 0.25) is 0 Å². The predicted octanol–water partition coefficient (Wildman–Crippen LogP) is 4.64. The highest BCUT2D eigenvalue weighted by atomic mass is 16.5. The Hall–Kier alpha value is -2.78. The van der Waals surface area contributed by atoms with Crippen molar-refractivity contribution in [1.82, 2.24) is 5.32 Å². The summed E-state index contributed by atoms with van der Waals surface area (Å²) in [5.41, 5.74) is 4.96. The van der Waals surface area contributed by atoms with Gasteiger partial charge in [0.1, 0.15) is 5.75 Å².